The second-order valence-electron chi connectivity index (χ2n) is 5.10. The van der Waals surface area contributed by atoms with Gasteiger partial charge in [0.05, 0.1) is 0 Å². The lowest BCUT2D eigenvalue weighted by Gasteiger charge is -2.23. The lowest BCUT2D eigenvalue weighted by Crippen LogP contribution is -2.26. The van der Waals surface area contributed by atoms with Crippen molar-refractivity contribution in [3.05, 3.63) is 35.6 Å². The van der Waals surface area contributed by atoms with E-state index in [1.54, 1.807) is 12.1 Å². The Morgan fingerprint density at radius 1 is 1.33 bits per heavy atom. The first-order valence-corrected chi connectivity index (χ1v) is 7.72. The minimum atomic E-state index is -0.176. The highest BCUT2D eigenvalue weighted by Crippen LogP contribution is 2.33. The van der Waals surface area contributed by atoms with E-state index in [0.717, 1.165) is 17.7 Å². The molecule has 1 aromatic carbocycles. The monoisotopic (exact) mass is 269 g/mol. The summed E-state index contributed by atoms with van der Waals surface area (Å²) in [6, 6.07) is 6.93. The van der Waals surface area contributed by atoms with Crippen LogP contribution in [0.1, 0.15) is 44.4 Å². The van der Waals surface area contributed by atoms with Crippen LogP contribution in [-0.4, -0.2) is 11.8 Å². The Kier molecular flexibility index (Phi) is 6.72. The lowest BCUT2D eigenvalue weighted by atomic mass is 10.0. The molecule has 0 saturated carbocycles. The Labute approximate surface area is 114 Å². The third kappa shape index (κ3) is 4.99. The molecular weight excluding hydrogens is 245 g/mol. The Bertz CT molecular complexity index is 354. The number of halogens is 1. The Morgan fingerprint density at radius 2 is 2.06 bits per heavy atom. The maximum atomic E-state index is 13.3. The van der Waals surface area contributed by atoms with Gasteiger partial charge in [0.25, 0.3) is 0 Å². The summed E-state index contributed by atoms with van der Waals surface area (Å²) in [4.78, 5) is 0. The smallest absolute Gasteiger partial charge is 0.123 e. The van der Waals surface area contributed by atoms with Crippen molar-refractivity contribution in [2.75, 3.05) is 5.75 Å². The minimum Gasteiger partial charge on any atom is -0.326 e. The summed E-state index contributed by atoms with van der Waals surface area (Å²) >= 11 is 1.85. The quantitative estimate of drug-likeness (QED) is 0.794. The average Bonchev–Trinajstić information content (AvgIpc) is 2.33. The van der Waals surface area contributed by atoms with E-state index in [-0.39, 0.29) is 17.1 Å². The van der Waals surface area contributed by atoms with Gasteiger partial charge in [-0.3, -0.25) is 0 Å². The number of rotatable bonds is 7. The molecule has 0 aliphatic heterocycles. The zero-order chi connectivity index (χ0) is 13.5. The van der Waals surface area contributed by atoms with Crippen LogP contribution in [-0.2, 0) is 0 Å². The first-order chi connectivity index (χ1) is 8.54. The predicted octanol–water partition coefficient (Wildman–Crippen LogP) is 4.38. The van der Waals surface area contributed by atoms with Crippen molar-refractivity contribution in [2.24, 2.45) is 11.7 Å². The van der Waals surface area contributed by atoms with Gasteiger partial charge in [0.2, 0.25) is 0 Å². The van der Waals surface area contributed by atoms with Crippen molar-refractivity contribution >= 4 is 11.8 Å². The van der Waals surface area contributed by atoms with Crippen molar-refractivity contribution in [3.8, 4) is 0 Å². The van der Waals surface area contributed by atoms with Crippen LogP contribution in [0, 0.1) is 11.7 Å². The molecule has 0 radical (unpaired) electrons. The third-order valence-corrected chi connectivity index (χ3v) is 4.48. The van der Waals surface area contributed by atoms with E-state index in [9.17, 15) is 4.39 Å². The zero-order valence-electron chi connectivity index (χ0n) is 11.5. The van der Waals surface area contributed by atoms with E-state index < -0.39 is 0 Å². The van der Waals surface area contributed by atoms with Crippen LogP contribution in [0.3, 0.4) is 0 Å². The van der Waals surface area contributed by atoms with Crippen LogP contribution >= 0.6 is 11.8 Å². The summed E-state index contributed by atoms with van der Waals surface area (Å²) in [7, 11) is 0. The normalized spacial score (nSPS) is 14.8. The molecule has 0 aliphatic carbocycles. The highest BCUT2D eigenvalue weighted by Gasteiger charge is 2.19. The van der Waals surface area contributed by atoms with Gasteiger partial charge in [0.15, 0.2) is 0 Å². The molecule has 0 amide bonds. The molecule has 18 heavy (non-hydrogen) atoms. The lowest BCUT2D eigenvalue weighted by molar-refractivity contribution is 0.605. The van der Waals surface area contributed by atoms with Gasteiger partial charge < -0.3 is 5.73 Å². The summed E-state index contributed by atoms with van der Waals surface area (Å²) in [6.45, 7) is 6.52. The molecule has 0 heterocycles. The van der Waals surface area contributed by atoms with E-state index in [1.165, 1.54) is 12.5 Å². The molecule has 0 aliphatic rings. The molecule has 0 saturated heterocycles. The van der Waals surface area contributed by atoms with Gasteiger partial charge in [-0.25, -0.2) is 4.39 Å². The molecule has 2 atom stereocenters. The molecule has 0 fully saturated rings. The fraction of sp³-hybridized carbons (Fsp3) is 0.600. The molecule has 1 nitrogen and oxygen atoms in total. The Morgan fingerprint density at radius 3 is 2.61 bits per heavy atom. The van der Waals surface area contributed by atoms with Crippen molar-refractivity contribution in [2.45, 2.75) is 44.9 Å². The van der Waals surface area contributed by atoms with E-state index in [0.29, 0.717) is 5.92 Å². The van der Waals surface area contributed by atoms with Crippen LogP contribution in [0.4, 0.5) is 4.39 Å². The third-order valence-electron chi connectivity index (χ3n) is 3.03. The van der Waals surface area contributed by atoms with Gasteiger partial charge in [-0.1, -0.05) is 32.9 Å². The fourth-order valence-corrected chi connectivity index (χ4v) is 3.44. The van der Waals surface area contributed by atoms with Crippen molar-refractivity contribution in [3.63, 3.8) is 0 Å². The maximum absolute atomic E-state index is 13.3. The summed E-state index contributed by atoms with van der Waals surface area (Å²) < 4.78 is 13.3. The SMILES string of the molecule is CCC(N)C(SCCC(C)C)c1cccc(F)c1. The Hall–Kier alpha value is -0.540. The van der Waals surface area contributed by atoms with Gasteiger partial charge in [-0.15, -0.1) is 0 Å². The molecule has 0 spiro atoms. The summed E-state index contributed by atoms with van der Waals surface area (Å²) in [5, 5.41) is 0.199. The van der Waals surface area contributed by atoms with Crippen molar-refractivity contribution in [1.82, 2.24) is 0 Å². The van der Waals surface area contributed by atoms with Gasteiger partial charge >= 0.3 is 0 Å². The van der Waals surface area contributed by atoms with E-state index >= 15 is 0 Å². The Balaban J connectivity index is 2.72. The first kappa shape index (κ1) is 15.5. The van der Waals surface area contributed by atoms with Crippen molar-refractivity contribution < 1.29 is 4.39 Å². The highest BCUT2D eigenvalue weighted by molar-refractivity contribution is 7.99. The average molecular weight is 269 g/mol. The summed E-state index contributed by atoms with van der Waals surface area (Å²) in [5.74, 6) is 1.60. The second kappa shape index (κ2) is 7.80. The van der Waals surface area contributed by atoms with Crippen LogP contribution in [0.15, 0.2) is 24.3 Å². The largest absolute Gasteiger partial charge is 0.326 e. The number of hydrogen-bond acceptors (Lipinski definition) is 2. The number of hydrogen-bond donors (Lipinski definition) is 1. The standard InChI is InChI=1S/C15H24FNS/c1-4-14(17)15(18-9-8-11(2)3)12-6-5-7-13(16)10-12/h5-7,10-11,14-15H,4,8-9,17H2,1-3H3. The molecule has 1 aromatic rings. The number of thioether (sulfide) groups is 1. The molecule has 102 valence electrons. The summed E-state index contributed by atoms with van der Waals surface area (Å²) in [6.07, 6.45) is 2.09. The van der Waals surface area contributed by atoms with Gasteiger partial charge in [0.1, 0.15) is 5.82 Å². The molecule has 1 rings (SSSR count). The van der Waals surface area contributed by atoms with Crippen LogP contribution in [0.2, 0.25) is 0 Å². The van der Waals surface area contributed by atoms with Gasteiger partial charge in [0, 0.05) is 11.3 Å². The van der Waals surface area contributed by atoms with Crippen LogP contribution in [0.25, 0.3) is 0 Å². The highest BCUT2D eigenvalue weighted by atomic mass is 32.2. The molecule has 0 bridgehead atoms. The van der Waals surface area contributed by atoms with E-state index in [2.05, 4.69) is 20.8 Å². The molecule has 2 unspecified atom stereocenters. The summed E-state index contributed by atoms with van der Waals surface area (Å²) in [5.41, 5.74) is 7.19. The van der Waals surface area contributed by atoms with Gasteiger partial charge in [-0.2, -0.15) is 11.8 Å². The number of nitrogens with two attached hydrogens (primary N) is 1. The first-order valence-electron chi connectivity index (χ1n) is 6.67. The topological polar surface area (TPSA) is 26.0 Å². The number of benzene rings is 1. The van der Waals surface area contributed by atoms with Crippen LogP contribution in [0.5, 0.6) is 0 Å². The molecule has 0 aromatic heterocycles. The van der Waals surface area contributed by atoms with E-state index in [1.807, 2.05) is 17.8 Å². The minimum absolute atomic E-state index is 0.0870. The van der Waals surface area contributed by atoms with Crippen LogP contribution < -0.4 is 5.73 Å². The van der Waals surface area contributed by atoms with Gasteiger partial charge in [-0.05, 0) is 42.2 Å². The molecule has 2 N–H and O–H groups in total. The van der Waals surface area contributed by atoms with E-state index in [4.69, 9.17) is 5.73 Å². The second-order valence-corrected chi connectivity index (χ2v) is 6.35. The molecular formula is C15H24FNS. The molecule has 3 heteroatoms. The fourth-order valence-electron chi connectivity index (χ4n) is 1.80. The van der Waals surface area contributed by atoms with Crippen molar-refractivity contribution in [1.29, 1.82) is 0 Å². The predicted molar refractivity (Wildman–Crippen MR) is 79.3 cm³/mol. The maximum Gasteiger partial charge on any atom is 0.123 e. The zero-order valence-corrected chi connectivity index (χ0v) is 12.3.